The predicted octanol–water partition coefficient (Wildman–Crippen LogP) is -0.277. The standard InChI is InChI=1S/C12H21N3O2/c1-15-6-4-9(5-7-15)8-13-10-2-3-11(16)14-12(10)17/h9-10,13H,2-8H2,1H3,(H,14,16,17). The van der Waals surface area contributed by atoms with Gasteiger partial charge in [-0.15, -0.1) is 0 Å². The molecule has 0 spiro atoms. The summed E-state index contributed by atoms with van der Waals surface area (Å²) in [5.74, 6) is 0.359. The maximum absolute atomic E-state index is 11.5. The van der Waals surface area contributed by atoms with Gasteiger partial charge in [0.2, 0.25) is 11.8 Å². The van der Waals surface area contributed by atoms with Crippen molar-refractivity contribution in [3.63, 3.8) is 0 Å². The molecule has 2 N–H and O–H groups in total. The average molecular weight is 239 g/mol. The van der Waals surface area contributed by atoms with Crippen LogP contribution in [0.1, 0.15) is 25.7 Å². The van der Waals surface area contributed by atoms with Crippen molar-refractivity contribution in [1.82, 2.24) is 15.5 Å². The second-order valence-corrected chi connectivity index (χ2v) is 5.16. The van der Waals surface area contributed by atoms with Gasteiger partial charge in [0.15, 0.2) is 0 Å². The molecule has 0 saturated carbocycles. The van der Waals surface area contributed by atoms with Gasteiger partial charge in [0.25, 0.3) is 0 Å². The van der Waals surface area contributed by atoms with E-state index in [1.807, 2.05) is 0 Å². The topological polar surface area (TPSA) is 61.4 Å². The molecule has 0 radical (unpaired) electrons. The summed E-state index contributed by atoms with van der Waals surface area (Å²) in [6, 6.07) is -0.174. The molecule has 1 unspecified atom stereocenters. The molecular formula is C12H21N3O2. The van der Waals surface area contributed by atoms with E-state index in [0.29, 0.717) is 18.8 Å². The number of nitrogens with one attached hydrogen (secondary N) is 2. The lowest BCUT2D eigenvalue weighted by Gasteiger charge is -2.30. The zero-order valence-electron chi connectivity index (χ0n) is 10.4. The lowest BCUT2D eigenvalue weighted by molar-refractivity contribution is -0.134. The second kappa shape index (κ2) is 5.60. The number of carbonyl (C=O) groups is 2. The monoisotopic (exact) mass is 239 g/mol. The Hall–Kier alpha value is -0.940. The molecular weight excluding hydrogens is 218 g/mol. The third kappa shape index (κ3) is 3.51. The predicted molar refractivity (Wildman–Crippen MR) is 64.4 cm³/mol. The van der Waals surface area contributed by atoms with Crippen LogP contribution in [0.25, 0.3) is 0 Å². The van der Waals surface area contributed by atoms with Gasteiger partial charge in [0, 0.05) is 6.42 Å². The number of likely N-dealkylation sites (tertiary alicyclic amines) is 1. The summed E-state index contributed by atoms with van der Waals surface area (Å²) >= 11 is 0. The molecule has 17 heavy (non-hydrogen) atoms. The minimum absolute atomic E-state index is 0.146. The lowest BCUT2D eigenvalue weighted by atomic mass is 9.96. The van der Waals surface area contributed by atoms with Crippen LogP contribution in [0.5, 0.6) is 0 Å². The Morgan fingerprint density at radius 3 is 2.65 bits per heavy atom. The third-order valence-electron chi connectivity index (χ3n) is 3.73. The van der Waals surface area contributed by atoms with Crippen LogP contribution in [0.3, 0.4) is 0 Å². The summed E-state index contributed by atoms with van der Waals surface area (Å²) in [4.78, 5) is 24.9. The van der Waals surface area contributed by atoms with Gasteiger partial charge in [-0.25, -0.2) is 0 Å². The molecule has 2 fully saturated rings. The van der Waals surface area contributed by atoms with Crippen LogP contribution in [0.4, 0.5) is 0 Å². The molecule has 0 aromatic rings. The zero-order chi connectivity index (χ0) is 12.3. The van der Waals surface area contributed by atoms with Gasteiger partial charge in [0.05, 0.1) is 6.04 Å². The quantitative estimate of drug-likeness (QED) is 0.665. The normalized spacial score (nSPS) is 28.2. The first-order chi connectivity index (χ1) is 8.15. The maximum Gasteiger partial charge on any atom is 0.243 e. The fraction of sp³-hybridized carbons (Fsp3) is 0.833. The summed E-state index contributed by atoms with van der Waals surface area (Å²) in [6.07, 6.45) is 3.47. The third-order valence-corrected chi connectivity index (χ3v) is 3.73. The Balaban J connectivity index is 1.71. The van der Waals surface area contributed by atoms with Crippen LogP contribution in [0.2, 0.25) is 0 Å². The Labute approximate surface area is 102 Å². The van der Waals surface area contributed by atoms with E-state index in [2.05, 4.69) is 22.6 Å². The highest BCUT2D eigenvalue weighted by molar-refractivity contribution is 6.00. The number of nitrogens with zero attached hydrogens (tertiary/aromatic N) is 1. The summed E-state index contributed by atoms with van der Waals surface area (Å²) in [6.45, 7) is 3.17. The molecule has 2 aliphatic rings. The van der Waals surface area contributed by atoms with E-state index >= 15 is 0 Å². The van der Waals surface area contributed by atoms with Gasteiger partial charge >= 0.3 is 0 Å². The first kappa shape index (κ1) is 12.5. The van der Waals surface area contributed by atoms with Crippen LogP contribution < -0.4 is 10.6 Å². The van der Waals surface area contributed by atoms with E-state index in [1.165, 1.54) is 12.8 Å². The van der Waals surface area contributed by atoms with E-state index < -0.39 is 0 Å². The number of imide groups is 1. The van der Waals surface area contributed by atoms with E-state index in [1.54, 1.807) is 0 Å². The van der Waals surface area contributed by atoms with E-state index in [0.717, 1.165) is 19.6 Å². The molecule has 5 heteroatoms. The summed E-state index contributed by atoms with van der Waals surface area (Å²) < 4.78 is 0. The SMILES string of the molecule is CN1CCC(CNC2CCC(=O)NC2=O)CC1. The van der Waals surface area contributed by atoms with Gasteiger partial charge in [-0.05, 0) is 51.9 Å². The first-order valence-electron chi connectivity index (χ1n) is 6.41. The first-order valence-corrected chi connectivity index (χ1v) is 6.41. The largest absolute Gasteiger partial charge is 0.306 e. The van der Waals surface area contributed by atoms with Crippen LogP contribution >= 0.6 is 0 Å². The minimum atomic E-state index is -0.174. The Kier molecular flexibility index (Phi) is 4.12. The Bertz CT molecular complexity index is 298. The highest BCUT2D eigenvalue weighted by atomic mass is 16.2. The molecule has 0 aliphatic carbocycles. The smallest absolute Gasteiger partial charge is 0.243 e. The number of piperidine rings is 2. The molecule has 2 saturated heterocycles. The van der Waals surface area contributed by atoms with Crippen molar-refractivity contribution in [2.75, 3.05) is 26.7 Å². The fourth-order valence-electron chi connectivity index (χ4n) is 2.46. The molecule has 0 bridgehead atoms. The second-order valence-electron chi connectivity index (χ2n) is 5.16. The van der Waals surface area contributed by atoms with Crippen molar-refractivity contribution in [2.24, 2.45) is 5.92 Å². The van der Waals surface area contributed by atoms with Gasteiger partial charge < -0.3 is 10.2 Å². The van der Waals surface area contributed by atoms with Crippen molar-refractivity contribution in [2.45, 2.75) is 31.7 Å². The van der Waals surface area contributed by atoms with E-state index in [4.69, 9.17) is 0 Å². The average Bonchev–Trinajstić information content (AvgIpc) is 2.30. The highest BCUT2D eigenvalue weighted by Crippen LogP contribution is 2.15. The molecule has 1 atom stereocenters. The number of amides is 2. The van der Waals surface area contributed by atoms with E-state index in [9.17, 15) is 9.59 Å². The molecule has 0 aromatic heterocycles. The number of carbonyl (C=O) groups excluding carboxylic acids is 2. The molecule has 2 rings (SSSR count). The fourth-order valence-corrected chi connectivity index (χ4v) is 2.46. The van der Waals surface area contributed by atoms with Crippen molar-refractivity contribution in [3.8, 4) is 0 Å². The van der Waals surface area contributed by atoms with Crippen LogP contribution in [0, 0.1) is 5.92 Å². The van der Waals surface area contributed by atoms with Crippen molar-refractivity contribution < 1.29 is 9.59 Å². The summed E-state index contributed by atoms with van der Waals surface area (Å²) in [5.41, 5.74) is 0. The number of hydrogen-bond donors (Lipinski definition) is 2. The molecule has 5 nitrogen and oxygen atoms in total. The maximum atomic E-state index is 11.5. The van der Waals surface area contributed by atoms with Crippen LogP contribution in [0.15, 0.2) is 0 Å². The minimum Gasteiger partial charge on any atom is -0.306 e. The highest BCUT2D eigenvalue weighted by Gasteiger charge is 2.27. The molecule has 2 amide bonds. The van der Waals surface area contributed by atoms with Gasteiger partial charge in [0.1, 0.15) is 0 Å². The molecule has 96 valence electrons. The van der Waals surface area contributed by atoms with Crippen molar-refractivity contribution in [1.29, 1.82) is 0 Å². The Morgan fingerprint density at radius 2 is 2.00 bits per heavy atom. The van der Waals surface area contributed by atoms with Crippen molar-refractivity contribution in [3.05, 3.63) is 0 Å². The van der Waals surface area contributed by atoms with Crippen molar-refractivity contribution >= 4 is 11.8 Å². The lowest BCUT2D eigenvalue weighted by Crippen LogP contribution is -2.52. The van der Waals surface area contributed by atoms with Gasteiger partial charge in [-0.1, -0.05) is 0 Å². The Morgan fingerprint density at radius 1 is 1.29 bits per heavy atom. The zero-order valence-corrected chi connectivity index (χ0v) is 10.4. The molecule has 2 heterocycles. The number of rotatable bonds is 3. The van der Waals surface area contributed by atoms with Crippen LogP contribution in [-0.4, -0.2) is 49.4 Å². The summed E-state index contributed by atoms with van der Waals surface area (Å²) in [5, 5.41) is 5.67. The van der Waals surface area contributed by atoms with E-state index in [-0.39, 0.29) is 17.9 Å². The van der Waals surface area contributed by atoms with Crippen LogP contribution in [-0.2, 0) is 9.59 Å². The number of hydrogen-bond acceptors (Lipinski definition) is 4. The van der Waals surface area contributed by atoms with Gasteiger partial charge in [-0.2, -0.15) is 0 Å². The molecule has 0 aromatic carbocycles. The van der Waals surface area contributed by atoms with Gasteiger partial charge in [-0.3, -0.25) is 14.9 Å². The molecule has 2 aliphatic heterocycles. The summed E-state index contributed by atoms with van der Waals surface area (Å²) in [7, 11) is 2.14.